The van der Waals surface area contributed by atoms with Gasteiger partial charge in [0.2, 0.25) is 0 Å². The van der Waals surface area contributed by atoms with E-state index < -0.39 is 21.4 Å². The van der Waals surface area contributed by atoms with Gasteiger partial charge in [0.05, 0.1) is 26.4 Å². The average molecular weight is 477 g/mol. The van der Waals surface area contributed by atoms with Crippen LogP contribution in [0.2, 0.25) is 11.4 Å². The summed E-state index contributed by atoms with van der Waals surface area (Å²) in [5, 5.41) is 0. The molecule has 2 fully saturated rings. The molecule has 9 nitrogen and oxygen atoms in total. The van der Waals surface area contributed by atoms with Crippen molar-refractivity contribution in [2.45, 2.75) is 24.3 Å². The molecule has 0 spiro atoms. The Morgan fingerprint density at radius 3 is 1.00 bits per heavy atom. The summed E-state index contributed by atoms with van der Waals surface area (Å²) in [7, 11) is 8.49. The molecule has 2 heterocycles. The van der Waals surface area contributed by atoms with E-state index in [9.17, 15) is 8.30 Å². The van der Waals surface area contributed by atoms with Gasteiger partial charge in [0.25, 0.3) is 7.59 Å². The molecule has 11 heteroatoms. The summed E-state index contributed by atoms with van der Waals surface area (Å²) < 4.78 is 50.1. The Balaban J connectivity index is 0. The summed E-state index contributed by atoms with van der Waals surface area (Å²) in [6.45, 7) is 5.11. The van der Waals surface area contributed by atoms with Crippen LogP contribution in [0.25, 0.3) is 0 Å². The Bertz CT molecular complexity index is 382. The van der Waals surface area contributed by atoms with Crippen LogP contribution in [0.15, 0.2) is 0 Å². The molecule has 1 N–H and O–H groups in total. The molecule has 0 aromatic rings. The van der Waals surface area contributed by atoms with Crippen LogP contribution < -0.4 is 0 Å². The summed E-state index contributed by atoms with van der Waals surface area (Å²) in [5.41, 5.74) is 2.72. The van der Waals surface area contributed by atoms with Crippen LogP contribution in [-0.2, 0) is 22.5 Å². The van der Waals surface area contributed by atoms with Crippen molar-refractivity contribution in [3.63, 3.8) is 0 Å². The predicted molar refractivity (Wildman–Crippen MR) is 111 cm³/mol. The van der Waals surface area contributed by atoms with E-state index in [1.807, 2.05) is 42.3 Å². The first-order valence-corrected chi connectivity index (χ1v) is 15.9. The molecule has 0 aromatic carbocycles. The SMILES string of the molecule is C1CCOC1.C1COCCO1.CN(C)P(=O)(N(C)C)N(C)C.C[As](C)(=O)O. The van der Waals surface area contributed by atoms with Gasteiger partial charge < -0.3 is 14.2 Å². The first kappa shape index (κ1) is 29.5. The van der Waals surface area contributed by atoms with Crippen LogP contribution in [0, 0.1) is 0 Å². The Hall–Kier alpha value is 0.308. The van der Waals surface area contributed by atoms with Crippen molar-refractivity contribution in [1.82, 2.24) is 14.0 Å². The van der Waals surface area contributed by atoms with E-state index in [1.165, 1.54) is 24.3 Å². The third-order valence-corrected chi connectivity index (χ3v) is 6.26. The van der Waals surface area contributed by atoms with Gasteiger partial charge in [0.15, 0.2) is 0 Å². The zero-order valence-corrected chi connectivity index (χ0v) is 21.2. The number of hydrogen-bond acceptors (Lipinski definition) is 5. The molecular weight excluding hydrogens is 436 g/mol. The molecule has 0 bridgehead atoms. The normalized spacial score (nSPS) is 17.5. The van der Waals surface area contributed by atoms with Crippen molar-refractivity contribution in [1.29, 1.82) is 0 Å². The summed E-state index contributed by atoms with van der Waals surface area (Å²) in [4.78, 5) is 0. The van der Waals surface area contributed by atoms with Crippen molar-refractivity contribution in [2.75, 3.05) is 81.9 Å². The predicted octanol–water partition coefficient (Wildman–Crippen LogP) is 1.72. The molecule has 2 rings (SSSR count). The van der Waals surface area contributed by atoms with Crippen molar-refractivity contribution < 1.29 is 26.6 Å². The van der Waals surface area contributed by atoms with Gasteiger partial charge in [-0.3, -0.25) is 4.57 Å². The van der Waals surface area contributed by atoms with Gasteiger partial charge in [-0.05, 0) is 55.1 Å². The second kappa shape index (κ2) is 16.1. The standard InChI is InChI=1S/C6H18N3OP.C4H8O2.C4H8O.C2H7AsO2/c1-7(2)11(10,8(3)4)9(5)6;1-2-6-4-3-5-1;1-2-4-5-3-1;1-3(2,4)5/h1-6H3;1-4H2;1-4H2;1-2H3,(H,4,5). The average Bonchev–Trinajstić information content (AvgIpc) is 3.13. The van der Waals surface area contributed by atoms with Gasteiger partial charge in [-0.15, -0.1) is 0 Å². The van der Waals surface area contributed by atoms with E-state index in [0.29, 0.717) is 0 Å². The summed E-state index contributed by atoms with van der Waals surface area (Å²) in [6.07, 6.45) is 2.56. The van der Waals surface area contributed by atoms with Crippen LogP contribution in [0.3, 0.4) is 0 Å². The molecule has 0 unspecified atom stereocenters. The quantitative estimate of drug-likeness (QED) is 0.482. The molecule has 2 aliphatic rings. The first-order valence-electron chi connectivity index (χ1n) is 8.97. The van der Waals surface area contributed by atoms with Crippen molar-refractivity contribution in [2.24, 2.45) is 0 Å². The molecule has 0 atom stereocenters. The Kier molecular flexibility index (Phi) is 17.6. The van der Waals surface area contributed by atoms with E-state index in [4.69, 9.17) is 18.3 Å². The maximum absolute atomic E-state index is 12.1. The molecule has 0 aliphatic carbocycles. The van der Waals surface area contributed by atoms with Gasteiger partial charge in [-0.2, -0.15) is 0 Å². The van der Waals surface area contributed by atoms with E-state index >= 15 is 0 Å². The molecule has 0 radical (unpaired) electrons. The number of nitrogens with zero attached hydrogens (tertiary/aromatic N) is 3. The van der Waals surface area contributed by atoms with Gasteiger partial charge in [0, 0.05) is 13.2 Å². The van der Waals surface area contributed by atoms with Crippen LogP contribution in [0.4, 0.5) is 0 Å². The van der Waals surface area contributed by atoms with E-state index in [2.05, 4.69) is 0 Å². The van der Waals surface area contributed by atoms with Gasteiger partial charge in [0.1, 0.15) is 0 Å². The second-order valence-electron chi connectivity index (χ2n) is 6.89. The number of hydrogen-bond donors (Lipinski definition) is 1. The maximum atomic E-state index is 12.1. The van der Waals surface area contributed by atoms with Crippen LogP contribution in [0.5, 0.6) is 0 Å². The molecule has 27 heavy (non-hydrogen) atoms. The zero-order valence-electron chi connectivity index (χ0n) is 18.4. The first-order chi connectivity index (χ1) is 12.3. The zero-order chi connectivity index (χ0) is 21.5. The Morgan fingerprint density at radius 1 is 0.704 bits per heavy atom. The summed E-state index contributed by atoms with van der Waals surface area (Å²) in [5.74, 6) is 0. The second-order valence-corrected chi connectivity index (χ2v) is 15.7. The monoisotopic (exact) mass is 477 g/mol. The molecule has 2 aliphatic heterocycles. The minimum absolute atomic E-state index is 0.778. The minimum atomic E-state index is -3.12. The summed E-state index contributed by atoms with van der Waals surface area (Å²) in [6, 6.07) is 0. The van der Waals surface area contributed by atoms with E-state index in [1.54, 1.807) is 14.0 Å². The van der Waals surface area contributed by atoms with Crippen molar-refractivity contribution >= 4 is 21.4 Å². The fraction of sp³-hybridized carbons (Fsp3) is 1.00. The Labute approximate surface area is 168 Å². The van der Waals surface area contributed by atoms with E-state index in [0.717, 1.165) is 39.6 Å². The molecule has 166 valence electrons. The third-order valence-electron chi connectivity index (χ3n) is 3.13. The van der Waals surface area contributed by atoms with Gasteiger partial charge in [-0.25, -0.2) is 14.0 Å². The number of rotatable bonds is 3. The fourth-order valence-corrected chi connectivity index (χ4v) is 4.17. The van der Waals surface area contributed by atoms with Gasteiger partial charge in [-0.1, -0.05) is 0 Å². The molecule has 0 saturated carbocycles. The van der Waals surface area contributed by atoms with Crippen molar-refractivity contribution in [3.8, 4) is 0 Å². The third kappa shape index (κ3) is 18.1. The molecule has 2 saturated heterocycles. The molecule has 0 amide bonds. The fourth-order valence-electron chi connectivity index (χ4n) is 2.02. The molecular formula is C16H41AsN3O6P. The topological polar surface area (TPSA) is 91.8 Å². The molecule has 0 aromatic heterocycles. The van der Waals surface area contributed by atoms with Crippen molar-refractivity contribution in [3.05, 3.63) is 0 Å². The number of ether oxygens (including phenoxy) is 3. The van der Waals surface area contributed by atoms with Crippen LogP contribution in [-0.4, -0.2) is 114 Å². The van der Waals surface area contributed by atoms with Crippen LogP contribution >= 0.6 is 7.59 Å². The van der Waals surface area contributed by atoms with E-state index in [-0.39, 0.29) is 0 Å². The Morgan fingerprint density at radius 2 is 0.926 bits per heavy atom. The summed E-state index contributed by atoms with van der Waals surface area (Å²) >= 11 is -3.12. The van der Waals surface area contributed by atoms with Crippen LogP contribution in [0.1, 0.15) is 12.8 Å². The van der Waals surface area contributed by atoms with Gasteiger partial charge >= 0.3 is 33.1 Å².